The number of thioether (sulfide) groups is 1. The van der Waals surface area contributed by atoms with Crippen molar-refractivity contribution in [3.63, 3.8) is 0 Å². The number of methoxy groups -OCH3 is 1. The van der Waals surface area contributed by atoms with Crippen molar-refractivity contribution < 1.29 is 23.5 Å². The van der Waals surface area contributed by atoms with Gasteiger partial charge in [0.15, 0.2) is 16.5 Å². The molecule has 17 heteroatoms. The van der Waals surface area contributed by atoms with Crippen LogP contribution in [0.4, 0.5) is 10.9 Å². The van der Waals surface area contributed by atoms with Gasteiger partial charge < -0.3 is 19.2 Å². The van der Waals surface area contributed by atoms with Crippen LogP contribution in [0.25, 0.3) is 5.13 Å². The molecular weight excluding hydrogens is 576 g/mol. The van der Waals surface area contributed by atoms with E-state index in [0.29, 0.717) is 5.82 Å². The minimum absolute atomic E-state index is 0.0119. The second-order valence-electron chi connectivity index (χ2n) is 7.97. The summed E-state index contributed by atoms with van der Waals surface area (Å²) in [4.78, 5) is 51.7. The molecule has 214 valence electrons. The maximum Gasteiger partial charge on any atom is 0.379 e. The molecule has 41 heavy (non-hydrogen) atoms. The lowest BCUT2D eigenvalue weighted by Crippen LogP contribution is -2.34. The van der Waals surface area contributed by atoms with Gasteiger partial charge in [-0.3, -0.25) is 19.9 Å². The first-order valence-electron chi connectivity index (χ1n) is 11.5. The summed E-state index contributed by atoms with van der Waals surface area (Å²) in [5.41, 5.74) is -0.948. The molecule has 0 saturated carbocycles. The largest absolute Gasteiger partial charge is 0.494 e. The molecule has 0 saturated heterocycles. The van der Waals surface area contributed by atoms with Crippen LogP contribution in [0.3, 0.4) is 0 Å². The molecule has 1 unspecified atom stereocenters. The van der Waals surface area contributed by atoms with E-state index in [1.165, 1.54) is 44.1 Å². The molecule has 0 aliphatic heterocycles. The van der Waals surface area contributed by atoms with Gasteiger partial charge in [0.1, 0.15) is 18.1 Å². The fraction of sp³-hybridized carbons (Fsp3) is 0.292. The number of aromatic nitrogens is 4. The Morgan fingerprint density at radius 1 is 1.37 bits per heavy atom. The van der Waals surface area contributed by atoms with Gasteiger partial charge in [-0.2, -0.15) is 14.7 Å². The van der Waals surface area contributed by atoms with Crippen LogP contribution >= 0.6 is 23.1 Å². The van der Waals surface area contributed by atoms with Crippen LogP contribution in [-0.4, -0.2) is 69.4 Å². The van der Waals surface area contributed by atoms with Crippen LogP contribution in [0, 0.1) is 17.3 Å². The molecule has 0 spiro atoms. The Morgan fingerprint density at radius 3 is 2.73 bits per heavy atom. The van der Waals surface area contributed by atoms with Crippen molar-refractivity contribution in [2.75, 3.05) is 37.6 Å². The molecule has 2 amide bonds. The third kappa shape index (κ3) is 7.23. The number of hydrogen-bond donors (Lipinski definition) is 2. The lowest BCUT2D eigenvalue weighted by molar-refractivity contribution is -0.114. The number of hydrogen-bond acceptors (Lipinski definition) is 14. The number of carbonyl (C=O) groups is 2. The highest BCUT2D eigenvalue weighted by molar-refractivity contribution is 7.99. The topological polar surface area (TPSA) is 192 Å². The summed E-state index contributed by atoms with van der Waals surface area (Å²) < 4.78 is 17.9. The van der Waals surface area contributed by atoms with E-state index in [-0.39, 0.29) is 45.5 Å². The maximum atomic E-state index is 13.2. The van der Waals surface area contributed by atoms with Crippen LogP contribution in [0.15, 0.2) is 49.5 Å². The molecule has 0 aliphatic carbocycles. The van der Waals surface area contributed by atoms with Gasteiger partial charge in [0.2, 0.25) is 21.9 Å². The van der Waals surface area contributed by atoms with Crippen molar-refractivity contribution in [3.05, 3.63) is 56.8 Å². The third-order valence-electron chi connectivity index (χ3n) is 5.14. The Bertz CT molecular complexity index is 1620. The van der Waals surface area contributed by atoms with Gasteiger partial charge in [0, 0.05) is 32.2 Å². The number of ether oxygens (including phenoxy) is 2. The summed E-state index contributed by atoms with van der Waals surface area (Å²) in [5.74, 6) is 0.833. The smallest absolute Gasteiger partial charge is 0.379 e. The second-order valence-corrected chi connectivity index (χ2v) is 10.2. The fourth-order valence-corrected chi connectivity index (χ4v) is 4.30. The molecule has 15 nitrogen and oxygen atoms in total. The van der Waals surface area contributed by atoms with E-state index in [9.17, 15) is 19.3 Å². The standard InChI is InChI=1S/C24H24N8O7S2/c1-7-8-15(37-5)18(25-4)14-11-16(38-21(35)19(14)39-24(3,40-6)12-27-36)20(34)29-22-30-31-23(41-22)32-17(9-10-26-32)28-13(2)33/h1,8-11H,12H2,2-6H3,(H,28,33)(H,29,30,34)/b15-8+,25-18?. The van der Waals surface area contributed by atoms with E-state index < -0.39 is 22.2 Å². The van der Waals surface area contributed by atoms with E-state index in [2.05, 4.69) is 42.0 Å². The number of carbonyl (C=O) groups excluding carboxylic acids is 2. The Hall–Kier alpha value is -4.82. The van der Waals surface area contributed by atoms with E-state index in [4.69, 9.17) is 20.3 Å². The van der Waals surface area contributed by atoms with Crippen LogP contribution in [-0.2, 0) is 9.53 Å². The highest BCUT2D eigenvalue weighted by Crippen LogP contribution is 2.30. The minimum Gasteiger partial charge on any atom is -0.494 e. The minimum atomic E-state index is -1.25. The Balaban J connectivity index is 2.04. The van der Waals surface area contributed by atoms with E-state index in [1.807, 2.05) is 0 Å². The van der Waals surface area contributed by atoms with Crippen LogP contribution < -0.4 is 21.0 Å². The molecule has 0 fully saturated rings. The molecule has 3 rings (SSSR count). The monoisotopic (exact) mass is 600 g/mol. The first kappa shape index (κ1) is 30.7. The SMILES string of the molecule is C#C/C=C(/OC)C(=NC)c1cc(C(=O)Nc2nnc(-n3nccc3NC(C)=O)s2)oc(=O)c1OC(C)(CN=O)SC. The van der Waals surface area contributed by atoms with Gasteiger partial charge in [-0.1, -0.05) is 22.4 Å². The molecule has 3 heterocycles. The number of amides is 2. The van der Waals surface area contributed by atoms with E-state index in [1.54, 1.807) is 19.2 Å². The number of aliphatic imine (C=N–C) groups is 1. The van der Waals surface area contributed by atoms with E-state index >= 15 is 0 Å². The average Bonchev–Trinajstić information content (AvgIpc) is 3.59. The van der Waals surface area contributed by atoms with Gasteiger partial charge in [-0.05, 0) is 13.2 Å². The molecular formula is C24H24N8O7S2. The lowest BCUT2D eigenvalue weighted by atomic mass is 10.1. The van der Waals surface area contributed by atoms with Crippen molar-refractivity contribution in [2.24, 2.45) is 10.2 Å². The zero-order valence-corrected chi connectivity index (χ0v) is 24.1. The van der Waals surface area contributed by atoms with Gasteiger partial charge in [-0.25, -0.2) is 4.79 Å². The highest BCUT2D eigenvalue weighted by atomic mass is 32.2. The lowest BCUT2D eigenvalue weighted by Gasteiger charge is -2.26. The summed E-state index contributed by atoms with van der Waals surface area (Å²) in [5, 5.41) is 20.3. The molecule has 0 bridgehead atoms. The number of anilines is 2. The third-order valence-corrected chi connectivity index (χ3v) is 7.03. The number of nitrogens with zero attached hydrogens (tertiary/aromatic N) is 6. The molecule has 3 aromatic rings. The van der Waals surface area contributed by atoms with Crippen molar-refractivity contribution in [3.8, 4) is 23.2 Å². The zero-order valence-electron chi connectivity index (χ0n) is 22.5. The van der Waals surface area contributed by atoms with Crippen LogP contribution in [0.5, 0.6) is 5.75 Å². The Labute approximate surface area is 241 Å². The number of terminal acetylenes is 1. The molecule has 3 aromatic heterocycles. The van der Waals surface area contributed by atoms with Gasteiger partial charge in [-0.15, -0.1) is 28.4 Å². The van der Waals surface area contributed by atoms with Crippen molar-refractivity contribution in [2.45, 2.75) is 18.8 Å². The van der Waals surface area contributed by atoms with Crippen LogP contribution in [0.2, 0.25) is 0 Å². The number of allylic oxidation sites excluding steroid dienone is 2. The summed E-state index contributed by atoms with van der Waals surface area (Å²) in [6.45, 7) is 2.60. The van der Waals surface area contributed by atoms with Gasteiger partial charge in [0.05, 0.1) is 18.9 Å². The summed E-state index contributed by atoms with van der Waals surface area (Å²) >= 11 is 2.07. The number of rotatable bonds is 12. The number of nitroso groups, excluding NO2 is 1. The molecule has 1 atom stereocenters. The predicted octanol–water partition coefficient (Wildman–Crippen LogP) is 2.69. The Kier molecular flexibility index (Phi) is 10.1. The van der Waals surface area contributed by atoms with Crippen molar-refractivity contribution in [1.29, 1.82) is 0 Å². The van der Waals surface area contributed by atoms with Crippen LogP contribution in [0.1, 0.15) is 30.0 Å². The Morgan fingerprint density at radius 2 is 2.12 bits per heavy atom. The normalized spacial score (nSPS) is 13.1. The van der Waals surface area contributed by atoms with Gasteiger partial charge in [0.25, 0.3) is 5.91 Å². The van der Waals surface area contributed by atoms with E-state index in [0.717, 1.165) is 23.1 Å². The quantitative estimate of drug-likeness (QED) is 0.102. The maximum absolute atomic E-state index is 13.2. The summed E-state index contributed by atoms with van der Waals surface area (Å²) in [7, 11) is 2.77. The number of nitrogens with one attached hydrogen (secondary N) is 2. The fourth-order valence-electron chi connectivity index (χ4n) is 3.24. The summed E-state index contributed by atoms with van der Waals surface area (Å²) in [6.07, 6.45) is 9.81. The molecule has 0 aliphatic rings. The summed E-state index contributed by atoms with van der Waals surface area (Å²) in [6, 6.07) is 2.78. The predicted molar refractivity (Wildman–Crippen MR) is 154 cm³/mol. The van der Waals surface area contributed by atoms with Crippen molar-refractivity contribution in [1.82, 2.24) is 20.0 Å². The van der Waals surface area contributed by atoms with Crippen molar-refractivity contribution >= 4 is 51.6 Å². The second kappa shape index (κ2) is 13.5. The first-order valence-corrected chi connectivity index (χ1v) is 13.5. The molecule has 0 aromatic carbocycles. The first-order chi connectivity index (χ1) is 19.6. The van der Waals surface area contributed by atoms with Gasteiger partial charge >= 0.3 is 5.63 Å². The molecule has 2 N–H and O–H groups in total. The average molecular weight is 601 g/mol. The zero-order chi connectivity index (χ0) is 30.2. The highest BCUT2D eigenvalue weighted by Gasteiger charge is 2.32. The molecule has 0 radical (unpaired) electrons.